The van der Waals surface area contributed by atoms with Gasteiger partial charge in [-0.05, 0) is 49.3 Å². The lowest BCUT2D eigenvalue weighted by atomic mass is 10.0. The zero-order valence-corrected chi connectivity index (χ0v) is 16.8. The van der Waals surface area contributed by atoms with E-state index in [0.29, 0.717) is 31.3 Å². The number of halogens is 1. The molecule has 0 amide bonds. The van der Waals surface area contributed by atoms with Crippen molar-refractivity contribution < 1.29 is 33.2 Å². The van der Waals surface area contributed by atoms with Crippen LogP contribution in [0.3, 0.4) is 0 Å². The average Bonchev–Trinajstić information content (AvgIpc) is 2.91. The molecule has 0 spiro atoms. The zero-order valence-electron chi connectivity index (χ0n) is 16.0. The predicted molar refractivity (Wildman–Crippen MR) is 109 cm³/mol. The number of carbonyl (C=O) groups is 1. The van der Waals surface area contributed by atoms with Gasteiger partial charge in [0.15, 0.2) is 5.82 Å². The van der Waals surface area contributed by atoms with Crippen molar-refractivity contribution in [2.75, 3.05) is 17.5 Å². The van der Waals surface area contributed by atoms with Crippen molar-refractivity contribution in [3.63, 3.8) is 0 Å². The molecule has 160 valence electrons. The fourth-order valence-electron chi connectivity index (χ4n) is 3.36. The van der Waals surface area contributed by atoms with Gasteiger partial charge in [0.05, 0.1) is 13.2 Å². The number of hydrogen-bond donors (Lipinski definition) is 5. The lowest BCUT2D eigenvalue weighted by Gasteiger charge is -2.37. The molecule has 0 aliphatic carbocycles. The van der Waals surface area contributed by atoms with Gasteiger partial charge in [-0.1, -0.05) is 23.1 Å². The largest absolute Gasteiger partial charge is 0.506 e. The molecule has 1 unspecified atom stereocenters. The third kappa shape index (κ3) is 4.73. The summed E-state index contributed by atoms with van der Waals surface area (Å²) >= 11 is 0. The van der Waals surface area contributed by atoms with Crippen molar-refractivity contribution in [3.05, 3.63) is 35.6 Å². The maximum Gasteiger partial charge on any atom is 0.305 e. The number of nitrogens with one attached hydrogen (secondary N) is 1. The van der Waals surface area contributed by atoms with Crippen LogP contribution in [0.2, 0.25) is 0 Å². The molecule has 5 N–H and O–H groups in total. The van der Waals surface area contributed by atoms with Crippen LogP contribution in [0.15, 0.2) is 24.3 Å². The Hall–Kier alpha value is -2.11. The minimum Gasteiger partial charge on any atom is -0.506 e. The Labute approximate surface area is 169 Å². The van der Waals surface area contributed by atoms with E-state index >= 15 is 4.39 Å². The minimum atomic E-state index is -3.65. The number of phenols is 1. The fourth-order valence-corrected chi connectivity index (χ4v) is 4.71. The second kappa shape index (κ2) is 8.72. The maximum atomic E-state index is 15.2. The van der Waals surface area contributed by atoms with Gasteiger partial charge in [0.1, 0.15) is 17.7 Å². The van der Waals surface area contributed by atoms with Gasteiger partial charge in [0.2, 0.25) is 0 Å². The molecule has 0 radical (unpaired) electrons. The number of hydrogen-bond acceptors (Lipinski definition) is 8. The van der Waals surface area contributed by atoms with E-state index < -0.39 is 28.8 Å². The van der Waals surface area contributed by atoms with Crippen molar-refractivity contribution >= 4 is 33.4 Å². The SMILES string of the molecule is CCOC(=O)CCCCc1ccc2cc(O)c(N3CC(O)NS3(O)O)c(F)c2c1. The lowest BCUT2D eigenvalue weighted by Crippen LogP contribution is -2.26. The molecule has 0 aromatic heterocycles. The van der Waals surface area contributed by atoms with Crippen LogP contribution < -0.4 is 9.03 Å². The second-order valence-corrected chi connectivity index (χ2v) is 8.55. The molecule has 3 rings (SSSR count). The summed E-state index contributed by atoms with van der Waals surface area (Å²) in [5.74, 6) is -1.49. The number of phenolic OH excluding ortho intramolecular Hbond substituents is 1. The second-order valence-electron chi connectivity index (χ2n) is 6.84. The number of esters is 1. The van der Waals surface area contributed by atoms with Crippen molar-refractivity contribution in [2.45, 2.75) is 38.8 Å². The molecular weight excluding hydrogens is 403 g/mol. The molecule has 1 saturated heterocycles. The Kier molecular flexibility index (Phi) is 6.49. The van der Waals surface area contributed by atoms with Gasteiger partial charge in [0.25, 0.3) is 0 Å². The quantitative estimate of drug-likeness (QED) is 0.336. The molecule has 1 fully saturated rings. The Morgan fingerprint density at radius 3 is 2.76 bits per heavy atom. The van der Waals surface area contributed by atoms with Gasteiger partial charge in [-0.15, -0.1) is 0 Å². The van der Waals surface area contributed by atoms with Crippen molar-refractivity contribution in [3.8, 4) is 5.75 Å². The summed E-state index contributed by atoms with van der Waals surface area (Å²) < 4.78 is 43.2. The number of benzene rings is 2. The first-order chi connectivity index (χ1) is 13.7. The number of fused-ring (bicyclic) bond motifs is 1. The normalized spacial score (nSPS) is 19.5. The highest BCUT2D eigenvalue weighted by atomic mass is 32.3. The van der Waals surface area contributed by atoms with E-state index in [-0.39, 0.29) is 23.6 Å². The number of aryl methyl sites for hydroxylation is 1. The molecule has 2 aromatic carbocycles. The number of carbonyl (C=O) groups excluding carboxylic acids is 1. The van der Waals surface area contributed by atoms with Gasteiger partial charge in [0, 0.05) is 11.8 Å². The van der Waals surface area contributed by atoms with E-state index in [9.17, 15) is 24.1 Å². The number of nitrogens with zero attached hydrogens (tertiary/aromatic N) is 1. The summed E-state index contributed by atoms with van der Waals surface area (Å²) in [6.45, 7) is 1.82. The Morgan fingerprint density at radius 2 is 2.10 bits per heavy atom. The van der Waals surface area contributed by atoms with Gasteiger partial charge < -0.3 is 14.9 Å². The summed E-state index contributed by atoms with van der Waals surface area (Å²) in [6, 6.07) is 6.49. The summed E-state index contributed by atoms with van der Waals surface area (Å²) in [7, 11) is -3.65. The van der Waals surface area contributed by atoms with E-state index in [2.05, 4.69) is 4.72 Å². The molecule has 2 aromatic rings. The first kappa shape index (κ1) is 21.6. The van der Waals surface area contributed by atoms with Crippen LogP contribution >= 0.6 is 11.0 Å². The number of aliphatic hydroxyl groups excluding tert-OH is 1. The molecule has 1 aliphatic rings. The molecule has 10 heteroatoms. The van der Waals surface area contributed by atoms with Gasteiger partial charge in [-0.2, -0.15) is 4.72 Å². The highest BCUT2D eigenvalue weighted by molar-refractivity contribution is 8.24. The molecular formula is C19H25FN2O6S. The van der Waals surface area contributed by atoms with Gasteiger partial charge in [-0.25, -0.2) is 8.70 Å². The van der Waals surface area contributed by atoms with E-state index in [1.54, 1.807) is 19.1 Å². The van der Waals surface area contributed by atoms with Crippen LogP contribution in [-0.4, -0.2) is 44.7 Å². The summed E-state index contributed by atoms with van der Waals surface area (Å²) in [6.07, 6.45) is 1.07. The van der Waals surface area contributed by atoms with E-state index in [0.717, 1.165) is 16.3 Å². The topological polar surface area (TPSA) is 122 Å². The monoisotopic (exact) mass is 428 g/mol. The molecule has 1 atom stereocenters. The number of aromatic hydroxyl groups is 1. The number of unbranched alkanes of at least 4 members (excludes halogenated alkanes) is 1. The van der Waals surface area contributed by atoms with Gasteiger partial charge in [-0.3, -0.25) is 13.9 Å². The van der Waals surface area contributed by atoms with Gasteiger partial charge >= 0.3 is 5.97 Å². The number of β-amino-alcohol motifs (C(OH)–C–C–N with tert-alkyl or cyclic N) is 1. The fraction of sp³-hybridized carbons (Fsp3) is 0.421. The Morgan fingerprint density at radius 1 is 1.34 bits per heavy atom. The summed E-state index contributed by atoms with van der Waals surface area (Å²) in [5, 5.41) is 20.6. The average molecular weight is 428 g/mol. The highest BCUT2D eigenvalue weighted by Gasteiger charge is 2.38. The molecule has 0 saturated carbocycles. The van der Waals surface area contributed by atoms with Crippen molar-refractivity contribution in [2.24, 2.45) is 0 Å². The van der Waals surface area contributed by atoms with Crippen LogP contribution in [0.5, 0.6) is 5.75 Å². The van der Waals surface area contributed by atoms with E-state index in [1.165, 1.54) is 6.07 Å². The van der Waals surface area contributed by atoms with Crippen LogP contribution in [0.1, 0.15) is 31.7 Å². The van der Waals surface area contributed by atoms with Crippen LogP contribution in [0, 0.1) is 5.82 Å². The number of ether oxygens (including phenoxy) is 1. The van der Waals surface area contributed by atoms with E-state index in [1.807, 2.05) is 6.07 Å². The Bertz CT molecular complexity index is 910. The number of rotatable bonds is 7. The lowest BCUT2D eigenvalue weighted by molar-refractivity contribution is -0.143. The van der Waals surface area contributed by atoms with Crippen molar-refractivity contribution in [1.82, 2.24) is 4.72 Å². The Balaban J connectivity index is 1.82. The third-order valence-electron chi connectivity index (χ3n) is 4.69. The zero-order chi connectivity index (χ0) is 21.2. The summed E-state index contributed by atoms with van der Waals surface area (Å²) in [4.78, 5) is 11.4. The molecule has 29 heavy (non-hydrogen) atoms. The minimum absolute atomic E-state index is 0.220. The molecule has 8 nitrogen and oxygen atoms in total. The highest BCUT2D eigenvalue weighted by Crippen LogP contribution is 2.51. The van der Waals surface area contributed by atoms with Crippen LogP contribution in [0.4, 0.5) is 10.1 Å². The number of aliphatic hydroxyl groups is 1. The van der Waals surface area contributed by atoms with Crippen LogP contribution in [0.25, 0.3) is 10.8 Å². The molecule has 1 heterocycles. The third-order valence-corrected chi connectivity index (χ3v) is 6.22. The molecule has 1 aliphatic heterocycles. The predicted octanol–water partition coefficient (Wildman–Crippen LogP) is 3.27. The van der Waals surface area contributed by atoms with E-state index in [4.69, 9.17) is 4.74 Å². The smallest absolute Gasteiger partial charge is 0.305 e. The number of anilines is 1. The molecule has 0 bridgehead atoms. The first-order valence-electron chi connectivity index (χ1n) is 9.34. The summed E-state index contributed by atoms with van der Waals surface area (Å²) in [5.41, 5.74) is 0.476. The van der Waals surface area contributed by atoms with Crippen molar-refractivity contribution in [1.29, 1.82) is 0 Å². The maximum absolute atomic E-state index is 15.2. The first-order valence-corrected chi connectivity index (χ1v) is 10.8. The van der Waals surface area contributed by atoms with Crippen LogP contribution in [-0.2, 0) is 16.0 Å². The standard InChI is InChI=1S/C19H25FN2O6S/c1-2-28-17(25)6-4-3-5-12-7-8-13-10-15(23)19(18(20)14(13)9-12)22-11-16(24)21-29(22,26)27/h7-10,16,21,23-24,26-27H,2-6,11H2,1H3.